The second-order valence-electron chi connectivity index (χ2n) is 19.8. The quantitative estimate of drug-likeness (QED) is 0.132. The van der Waals surface area contributed by atoms with Gasteiger partial charge in [-0.15, -0.1) is 17.5 Å². The normalized spacial score (nSPS) is 19.1. The van der Waals surface area contributed by atoms with Crippen LogP contribution in [0.15, 0.2) is 53.3 Å². The van der Waals surface area contributed by atoms with Gasteiger partial charge >= 0.3 is 6.09 Å². The number of hydrogen-bond acceptors (Lipinski definition) is 11. The van der Waals surface area contributed by atoms with E-state index in [9.17, 15) is 19.2 Å². The molecule has 3 saturated heterocycles. The van der Waals surface area contributed by atoms with E-state index in [0.717, 1.165) is 110 Å². The van der Waals surface area contributed by atoms with Crippen molar-refractivity contribution in [2.45, 2.75) is 136 Å². The summed E-state index contributed by atoms with van der Waals surface area (Å²) < 4.78 is 16.5. The van der Waals surface area contributed by atoms with Gasteiger partial charge in [-0.2, -0.15) is 5.10 Å². The molecule has 70 heavy (non-hydrogen) atoms. The first-order valence-corrected chi connectivity index (χ1v) is 25.0. The molecule has 1 unspecified atom stereocenters. The molecule has 0 bridgehead atoms. The summed E-state index contributed by atoms with van der Waals surface area (Å²) in [5.41, 5.74) is 12.4. The van der Waals surface area contributed by atoms with Gasteiger partial charge in [0.15, 0.2) is 17.3 Å². The maximum atomic E-state index is 14.0. The number of ether oxygens (including phenoxy) is 2. The van der Waals surface area contributed by atoms with Gasteiger partial charge in [0, 0.05) is 98.2 Å². The summed E-state index contributed by atoms with van der Waals surface area (Å²) >= 11 is 13.0. The zero-order chi connectivity index (χ0) is 49.1. The Morgan fingerprint density at radius 3 is 2.13 bits per heavy atom. The SMILES string of the molecule is COCn1nc(C(=O)N2CCCC2C(C)=O)c(Cc2ccccc2Cl)c1N1CCC[C@@H](NC(=O)OC(C)(C)C)C1.Cc1c2n(c(=O)c3c(Cc4ccccc4Cl)c(N4CCC[C@@H](N)C4)nn13)CCC2.Cl. The van der Waals surface area contributed by atoms with E-state index in [-0.39, 0.29) is 48.5 Å². The van der Waals surface area contributed by atoms with Gasteiger partial charge in [-0.25, -0.2) is 14.0 Å². The number of anilines is 2. The molecule has 3 fully saturated rings. The Morgan fingerprint density at radius 2 is 1.49 bits per heavy atom. The van der Waals surface area contributed by atoms with E-state index in [2.05, 4.69) is 22.0 Å². The summed E-state index contributed by atoms with van der Waals surface area (Å²) in [6.45, 7) is 13.4. The summed E-state index contributed by atoms with van der Waals surface area (Å²) in [7, 11) is 1.58. The van der Waals surface area contributed by atoms with Crippen molar-refractivity contribution < 1.29 is 23.9 Å². The average Bonchev–Trinajstić information content (AvgIpc) is 4.13. The molecule has 2 amide bonds. The molecule has 0 spiro atoms. The molecule has 378 valence electrons. The van der Waals surface area contributed by atoms with Crippen molar-refractivity contribution in [1.29, 1.82) is 0 Å². The minimum Gasteiger partial charge on any atom is -0.444 e. The number of alkyl carbamates (subject to hydrolysis) is 1. The highest BCUT2D eigenvalue weighted by Crippen LogP contribution is 2.35. The van der Waals surface area contributed by atoms with Crippen LogP contribution in [0.5, 0.6) is 0 Å². The number of methoxy groups -OCH3 is 1. The minimum atomic E-state index is -0.597. The predicted molar refractivity (Wildman–Crippen MR) is 276 cm³/mol. The topological polar surface area (TPSA) is 175 Å². The number of halogens is 3. The van der Waals surface area contributed by atoms with Gasteiger partial charge in [0.2, 0.25) is 0 Å². The molecule has 4 aliphatic heterocycles. The smallest absolute Gasteiger partial charge is 0.407 e. The zero-order valence-electron chi connectivity index (χ0n) is 41.1. The summed E-state index contributed by atoms with van der Waals surface area (Å²) in [6, 6.07) is 14.9. The van der Waals surface area contributed by atoms with Crippen LogP contribution in [-0.4, -0.2) is 110 Å². The molecule has 7 heterocycles. The summed E-state index contributed by atoms with van der Waals surface area (Å²) in [4.78, 5) is 58.3. The van der Waals surface area contributed by atoms with Crippen LogP contribution in [0.2, 0.25) is 10.0 Å². The second-order valence-corrected chi connectivity index (χ2v) is 20.6. The lowest BCUT2D eigenvalue weighted by Gasteiger charge is -2.35. The third-order valence-electron chi connectivity index (χ3n) is 13.6. The van der Waals surface area contributed by atoms with Gasteiger partial charge < -0.3 is 39.8 Å². The van der Waals surface area contributed by atoms with Gasteiger partial charge in [0.05, 0.1) is 11.7 Å². The van der Waals surface area contributed by atoms with E-state index >= 15 is 0 Å². The van der Waals surface area contributed by atoms with Crippen molar-refractivity contribution in [3.05, 3.63) is 108 Å². The fourth-order valence-corrected chi connectivity index (χ4v) is 10.8. The number of Topliss-reactive ketones (excluding diaryl/α,β-unsaturated/α-hetero) is 1. The first-order chi connectivity index (χ1) is 33.0. The van der Waals surface area contributed by atoms with Crippen LogP contribution in [0.3, 0.4) is 0 Å². The second kappa shape index (κ2) is 22.5. The lowest BCUT2D eigenvalue weighted by Crippen LogP contribution is -2.49. The van der Waals surface area contributed by atoms with Crippen molar-refractivity contribution in [2.24, 2.45) is 5.73 Å². The number of piperidine rings is 2. The Hall–Kier alpha value is -5.13. The molecule has 4 aliphatic rings. The molecule has 5 aromatic rings. The Labute approximate surface area is 426 Å². The summed E-state index contributed by atoms with van der Waals surface area (Å²) in [5.74, 6) is 1.34. The molecule has 19 heteroatoms. The van der Waals surface area contributed by atoms with Crippen molar-refractivity contribution in [3.8, 4) is 0 Å². The number of likely N-dealkylation sites (tertiary alicyclic amines) is 1. The molecule has 9 rings (SSSR count). The average molecular weight is 1020 g/mol. The number of ketones is 1. The van der Waals surface area contributed by atoms with Crippen LogP contribution < -0.4 is 26.4 Å². The lowest BCUT2D eigenvalue weighted by molar-refractivity contribution is -0.120. The van der Waals surface area contributed by atoms with Crippen LogP contribution in [0.1, 0.15) is 117 Å². The van der Waals surface area contributed by atoms with E-state index in [0.29, 0.717) is 60.2 Å². The first-order valence-electron chi connectivity index (χ1n) is 24.3. The van der Waals surface area contributed by atoms with Crippen LogP contribution in [0, 0.1) is 6.92 Å². The van der Waals surface area contributed by atoms with Crippen molar-refractivity contribution in [1.82, 2.24) is 34.2 Å². The number of carbonyl (C=O) groups excluding carboxylic acids is 3. The number of aromatic nitrogens is 5. The van der Waals surface area contributed by atoms with Gasteiger partial charge in [-0.3, -0.25) is 14.4 Å². The highest BCUT2D eigenvalue weighted by atomic mass is 35.5. The molecule has 0 saturated carbocycles. The number of hydrogen-bond donors (Lipinski definition) is 2. The van der Waals surface area contributed by atoms with E-state index in [1.54, 1.807) is 16.7 Å². The number of benzene rings is 2. The first kappa shape index (κ1) is 52.7. The van der Waals surface area contributed by atoms with Crippen molar-refractivity contribution >= 4 is 70.5 Å². The number of nitrogens with one attached hydrogen (secondary N) is 1. The number of rotatable bonds is 11. The zero-order valence-corrected chi connectivity index (χ0v) is 43.5. The summed E-state index contributed by atoms with van der Waals surface area (Å²) in [5, 5.41) is 14.0. The number of fused-ring (bicyclic) bond motifs is 2. The van der Waals surface area contributed by atoms with Gasteiger partial charge in [-0.1, -0.05) is 59.6 Å². The predicted octanol–water partition coefficient (Wildman–Crippen LogP) is 7.76. The fourth-order valence-electron chi connectivity index (χ4n) is 10.4. The molecule has 2 aromatic carbocycles. The number of aryl methyl sites for hydroxylation is 1. The third-order valence-corrected chi connectivity index (χ3v) is 14.3. The van der Waals surface area contributed by atoms with E-state index < -0.39 is 17.7 Å². The fraction of sp³-hybridized carbons (Fsp3) is 0.529. The molecule has 0 radical (unpaired) electrons. The Bertz CT molecular complexity index is 2770. The largest absolute Gasteiger partial charge is 0.444 e. The molecule has 0 aliphatic carbocycles. The van der Waals surface area contributed by atoms with Crippen molar-refractivity contribution in [2.75, 3.05) is 49.6 Å². The third kappa shape index (κ3) is 11.5. The maximum Gasteiger partial charge on any atom is 0.407 e. The lowest BCUT2D eigenvalue weighted by atomic mass is 10.0. The van der Waals surface area contributed by atoms with Gasteiger partial charge in [0.25, 0.3) is 11.5 Å². The number of nitrogens with two attached hydrogens (primary N) is 1. The number of amides is 2. The van der Waals surface area contributed by atoms with E-state index in [4.69, 9.17) is 48.6 Å². The Kier molecular flexibility index (Phi) is 17.0. The van der Waals surface area contributed by atoms with E-state index in [1.807, 2.05) is 78.4 Å². The Balaban J connectivity index is 0.000000213. The van der Waals surface area contributed by atoms with Crippen LogP contribution in [0.4, 0.5) is 16.4 Å². The summed E-state index contributed by atoms with van der Waals surface area (Å²) in [6.07, 6.45) is 7.55. The molecule has 3 atom stereocenters. The van der Waals surface area contributed by atoms with Gasteiger partial charge in [0.1, 0.15) is 23.7 Å². The van der Waals surface area contributed by atoms with Crippen LogP contribution >= 0.6 is 35.6 Å². The maximum absolute atomic E-state index is 14.0. The van der Waals surface area contributed by atoms with Crippen LogP contribution in [-0.2, 0) is 46.8 Å². The highest BCUT2D eigenvalue weighted by Gasteiger charge is 2.38. The molecule has 3 aromatic heterocycles. The highest BCUT2D eigenvalue weighted by molar-refractivity contribution is 6.31. The number of nitrogens with zero attached hydrogens (tertiary/aromatic N) is 8. The molecule has 3 N–H and O–H groups in total. The van der Waals surface area contributed by atoms with Crippen molar-refractivity contribution in [3.63, 3.8) is 0 Å². The number of carbonyl (C=O) groups is 3. The molecular formula is C51H67Cl3N10O6. The van der Waals surface area contributed by atoms with Gasteiger partial charge in [-0.05, 0) is 109 Å². The molecule has 16 nitrogen and oxygen atoms in total. The monoisotopic (exact) mass is 1020 g/mol. The van der Waals surface area contributed by atoms with Crippen LogP contribution in [0.25, 0.3) is 5.52 Å². The molecular weight excluding hydrogens is 955 g/mol. The minimum absolute atomic E-state index is 0. The van der Waals surface area contributed by atoms with E-state index in [1.165, 1.54) is 6.92 Å². The Morgan fingerprint density at radius 1 is 0.843 bits per heavy atom. The standard InChI is InChI=1S/C29H40ClN5O5.C22H26ClN5O.ClH/c1-19(36)24-13-9-15-34(24)27(37)25-22(16-20-10-6-7-12-23(20)30)26(35(32-25)18-39-5)33-14-8-11-21(17-33)31-28(38)40-29(2,3)4;1-14-19-9-5-11-27(19)22(29)20-17(12-15-6-2-3-8-18(15)23)21(25-28(14)20)26-10-4-7-16(24)13-26;/h6-7,10,12,21,24H,8-9,11,13-18H2,1-5H3,(H,31,38);2-3,6,8,16H,4-5,7,9-13,24H2,1H3;1H/t21-,24?;16-;/m11./s1.